The Morgan fingerprint density at radius 3 is 2.54 bits per heavy atom. The number of anilines is 1. The van der Waals surface area contributed by atoms with Gasteiger partial charge in [0.15, 0.2) is 5.67 Å². The molecular formula is C21H30F3N5O5S. The Labute approximate surface area is 204 Å². The van der Waals surface area contributed by atoms with Crippen molar-refractivity contribution in [3.8, 4) is 5.88 Å². The van der Waals surface area contributed by atoms with E-state index in [1.165, 1.54) is 0 Å². The third kappa shape index (κ3) is 7.92. The van der Waals surface area contributed by atoms with Crippen LogP contribution in [0.1, 0.15) is 30.1 Å². The number of hydrogen-bond donors (Lipinski definition) is 5. The van der Waals surface area contributed by atoms with E-state index >= 15 is 0 Å². The summed E-state index contributed by atoms with van der Waals surface area (Å²) in [6, 6.07) is -0.630. The number of nitrogens with two attached hydrogens (primary N) is 1. The number of hydrogen-bond acceptors (Lipinski definition) is 8. The second-order valence-electron chi connectivity index (χ2n) is 7.94. The average molecular weight is 522 g/mol. The standard InChI is InChI=1S/C21H30F3N5O5S/c1-21(24)13(14(22)4-5-15(21)23)12-34-18-16(17(25)32)19(35-28-18)27-20(33)26-6-2-3-7-29(8-10-30)9-11-31/h4-5,13,30-31H,2-3,6-12H2,1H3,(H2,25,32)(H2,26,27,33). The monoisotopic (exact) mass is 521 g/mol. The summed E-state index contributed by atoms with van der Waals surface area (Å²) >= 11 is 0.690. The summed E-state index contributed by atoms with van der Waals surface area (Å²) in [5.74, 6) is -4.99. The molecule has 0 saturated carbocycles. The van der Waals surface area contributed by atoms with Gasteiger partial charge in [0, 0.05) is 19.6 Å². The number of alkyl halides is 1. The fourth-order valence-electron chi connectivity index (χ4n) is 3.36. The third-order valence-corrected chi connectivity index (χ3v) is 6.13. The van der Waals surface area contributed by atoms with Crippen molar-refractivity contribution in [3.63, 3.8) is 0 Å². The van der Waals surface area contributed by atoms with Gasteiger partial charge in [-0.05, 0) is 50.0 Å². The van der Waals surface area contributed by atoms with Crippen molar-refractivity contribution < 1.29 is 37.7 Å². The van der Waals surface area contributed by atoms with Gasteiger partial charge in [-0.3, -0.25) is 15.0 Å². The zero-order valence-corrected chi connectivity index (χ0v) is 20.0. The largest absolute Gasteiger partial charge is 0.476 e. The first kappa shape index (κ1) is 28.6. The molecule has 1 aliphatic carbocycles. The van der Waals surface area contributed by atoms with Crippen LogP contribution in [0, 0.1) is 5.92 Å². The molecule has 1 aliphatic rings. The Morgan fingerprint density at radius 2 is 1.91 bits per heavy atom. The quantitative estimate of drug-likeness (QED) is 0.235. The van der Waals surface area contributed by atoms with Crippen molar-refractivity contribution in [2.75, 3.05) is 51.3 Å². The number of ether oxygens (including phenoxy) is 1. The number of aliphatic hydroxyl groups excluding tert-OH is 2. The number of carbonyl (C=O) groups excluding carboxylic acids is 2. The topological polar surface area (TPSA) is 150 Å². The predicted octanol–water partition coefficient (Wildman–Crippen LogP) is 1.87. The molecule has 2 atom stereocenters. The van der Waals surface area contributed by atoms with Gasteiger partial charge in [0.05, 0.1) is 19.1 Å². The Hall–Kier alpha value is -2.68. The molecule has 2 unspecified atom stereocenters. The van der Waals surface area contributed by atoms with Gasteiger partial charge < -0.3 is 26.0 Å². The fraction of sp³-hybridized carbons (Fsp3) is 0.571. The van der Waals surface area contributed by atoms with Crippen LogP contribution in [0.3, 0.4) is 0 Å². The summed E-state index contributed by atoms with van der Waals surface area (Å²) in [6.45, 7) is 2.03. The lowest BCUT2D eigenvalue weighted by atomic mass is 9.85. The summed E-state index contributed by atoms with van der Waals surface area (Å²) in [5, 5.41) is 23.0. The lowest BCUT2D eigenvalue weighted by Gasteiger charge is -2.30. The first-order valence-electron chi connectivity index (χ1n) is 10.9. The van der Waals surface area contributed by atoms with Crippen molar-refractivity contribution in [1.29, 1.82) is 0 Å². The van der Waals surface area contributed by atoms with Crippen LogP contribution < -0.4 is 21.1 Å². The number of rotatable bonds is 14. The first-order valence-corrected chi connectivity index (χ1v) is 11.7. The van der Waals surface area contributed by atoms with E-state index in [1.54, 1.807) is 0 Å². The van der Waals surface area contributed by atoms with E-state index in [0.717, 1.165) is 13.0 Å². The molecule has 1 heterocycles. The number of halogens is 3. The van der Waals surface area contributed by atoms with E-state index < -0.39 is 41.8 Å². The van der Waals surface area contributed by atoms with Crippen LogP contribution in [-0.2, 0) is 0 Å². The predicted molar refractivity (Wildman–Crippen MR) is 124 cm³/mol. The molecule has 35 heavy (non-hydrogen) atoms. The molecular weight excluding hydrogens is 491 g/mol. The number of aliphatic hydroxyl groups is 2. The minimum Gasteiger partial charge on any atom is -0.476 e. The highest BCUT2D eigenvalue weighted by Gasteiger charge is 2.44. The van der Waals surface area contributed by atoms with E-state index in [2.05, 4.69) is 15.0 Å². The van der Waals surface area contributed by atoms with Gasteiger partial charge in [0.2, 0.25) is 5.88 Å². The highest BCUT2D eigenvalue weighted by molar-refractivity contribution is 7.11. The highest BCUT2D eigenvalue weighted by atomic mass is 32.1. The number of unbranched alkanes of at least 4 members (excludes halogenated alkanes) is 1. The number of urea groups is 1. The SMILES string of the molecule is CC1(F)C(F)=CC=C(F)C1COc1nsc(NC(=O)NCCCCN(CCO)CCO)c1C(N)=O. The minimum atomic E-state index is -2.64. The Morgan fingerprint density at radius 1 is 1.23 bits per heavy atom. The molecule has 2 rings (SSSR count). The van der Waals surface area contributed by atoms with Crippen molar-refractivity contribution in [2.24, 2.45) is 11.7 Å². The Kier molecular flexibility index (Phi) is 10.9. The lowest BCUT2D eigenvalue weighted by Crippen LogP contribution is -2.37. The van der Waals surface area contributed by atoms with Crippen LogP contribution in [-0.4, -0.2) is 83.1 Å². The van der Waals surface area contributed by atoms with Crippen LogP contribution in [0.5, 0.6) is 5.88 Å². The molecule has 0 aromatic carbocycles. The van der Waals surface area contributed by atoms with Gasteiger partial charge in [-0.15, -0.1) is 0 Å². The van der Waals surface area contributed by atoms with Crippen molar-refractivity contribution in [2.45, 2.75) is 25.4 Å². The average Bonchev–Trinajstić information content (AvgIpc) is 3.18. The summed E-state index contributed by atoms with van der Waals surface area (Å²) in [4.78, 5) is 26.0. The summed E-state index contributed by atoms with van der Waals surface area (Å²) in [6.07, 6.45) is 2.83. The molecule has 0 saturated heterocycles. The van der Waals surface area contributed by atoms with Gasteiger partial charge in [0.25, 0.3) is 5.91 Å². The minimum absolute atomic E-state index is 0.0171. The molecule has 0 spiro atoms. The first-order chi connectivity index (χ1) is 16.6. The van der Waals surface area contributed by atoms with Gasteiger partial charge in [-0.1, -0.05) is 0 Å². The third-order valence-electron chi connectivity index (χ3n) is 5.38. The number of carbonyl (C=O) groups is 2. The zero-order chi connectivity index (χ0) is 26.0. The van der Waals surface area contributed by atoms with E-state index in [9.17, 15) is 22.8 Å². The molecule has 3 amide bonds. The molecule has 1 aromatic rings. The van der Waals surface area contributed by atoms with E-state index in [0.29, 0.717) is 56.6 Å². The zero-order valence-electron chi connectivity index (χ0n) is 19.2. The van der Waals surface area contributed by atoms with E-state index in [1.807, 2.05) is 4.90 Å². The van der Waals surface area contributed by atoms with Crippen molar-refractivity contribution in [3.05, 3.63) is 29.4 Å². The fourth-order valence-corrected chi connectivity index (χ4v) is 4.10. The lowest BCUT2D eigenvalue weighted by molar-refractivity contribution is 0.0783. The molecule has 0 bridgehead atoms. The molecule has 10 nitrogen and oxygen atoms in total. The van der Waals surface area contributed by atoms with Crippen molar-refractivity contribution >= 4 is 28.5 Å². The molecule has 0 radical (unpaired) electrons. The van der Waals surface area contributed by atoms with Crippen LogP contribution in [0.25, 0.3) is 0 Å². The van der Waals surface area contributed by atoms with Crippen LogP contribution in [0.15, 0.2) is 23.8 Å². The van der Waals surface area contributed by atoms with E-state index in [-0.39, 0.29) is 29.7 Å². The maximum Gasteiger partial charge on any atom is 0.319 e. The normalized spacial score (nSPS) is 19.8. The number of aromatic nitrogens is 1. The second kappa shape index (κ2) is 13.4. The number of nitrogens with one attached hydrogen (secondary N) is 2. The van der Waals surface area contributed by atoms with Crippen LogP contribution >= 0.6 is 11.5 Å². The maximum atomic E-state index is 14.6. The molecule has 1 aromatic heterocycles. The van der Waals surface area contributed by atoms with Gasteiger partial charge in [-0.25, -0.2) is 18.0 Å². The second-order valence-corrected chi connectivity index (χ2v) is 8.71. The summed E-state index contributed by atoms with van der Waals surface area (Å²) < 4.78 is 51.7. The summed E-state index contributed by atoms with van der Waals surface area (Å²) in [5.41, 5.74) is 2.46. The van der Waals surface area contributed by atoms with Crippen LogP contribution in [0.2, 0.25) is 0 Å². The number of amides is 3. The maximum absolute atomic E-state index is 14.6. The highest BCUT2D eigenvalue weighted by Crippen LogP contribution is 2.40. The number of primary amides is 1. The molecule has 0 aliphatic heterocycles. The summed E-state index contributed by atoms with van der Waals surface area (Å²) in [7, 11) is 0. The molecule has 196 valence electrons. The Bertz CT molecular complexity index is 934. The van der Waals surface area contributed by atoms with E-state index in [4.69, 9.17) is 20.7 Å². The van der Waals surface area contributed by atoms with Crippen LogP contribution in [0.4, 0.5) is 23.0 Å². The Balaban J connectivity index is 1.90. The molecule has 14 heteroatoms. The molecule has 0 fully saturated rings. The smallest absolute Gasteiger partial charge is 0.319 e. The van der Waals surface area contributed by atoms with Gasteiger partial charge in [-0.2, -0.15) is 4.37 Å². The molecule has 6 N–H and O–H groups in total. The number of allylic oxidation sites excluding steroid dienone is 3. The van der Waals surface area contributed by atoms with Gasteiger partial charge >= 0.3 is 6.03 Å². The van der Waals surface area contributed by atoms with Crippen molar-refractivity contribution in [1.82, 2.24) is 14.6 Å². The number of nitrogens with zero attached hydrogens (tertiary/aromatic N) is 2. The van der Waals surface area contributed by atoms with Gasteiger partial charge in [0.1, 0.15) is 28.8 Å².